The largest absolute Gasteiger partial charge is 0.458 e. The average molecular weight is 310 g/mol. The molecule has 0 N–H and O–H groups in total. The van der Waals surface area contributed by atoms with Gasteiger partial charge in [-0.1, -0.05) is 11.6 Å². The normalized spacial score (nSPS) is 18.2. The molecule has 1 aliphatic heterocycles. The van der Waals surface area contributed by atoms with Crippen molar-refractivity contribution in [1.29, 1.82) is 0 Å². The first kappa shape index (κ1) is 13.3. The Kier molecular flexibility index (Phi) is 3.84. The van der Waals surface area contributed by atoms with E-state index in [9.17, 15) is 4.79 Å². The number of hydrogen-bond donors (Lipinski definition) is 0. The van der Waals surface area contributed by atoms with Crippen LogP contribution < -0.4 is 4.74 Å². The molecule has 0 unspecified atom stereocenters. The topological polar surface area (TPSA) is 55.3 Å². The SMILES string of the molecule is O=C(c1ccsc1)N1CC[C@H](Oc2ncc(Cl)cn2)C1. The number of amides is 1. The van der Waals surface area contributed by atoms with E-state index in [0.29, 0.717) is 24.1 Å². The molecular weight excluding hydrogens is 298 g/mol. The Bertz CT molecular complexity index is 588. The predicted octanol–water partition coefficient (Wildman–Crippen LogP) is 2.49. The van der Waals surface area contributed by atoms with Crippen LogP contribution in [0.25, 0.3) is 0 Å². The van der Waals surface area contributed by atoms with Crippen LogP contribution in [0.5, 0.6) is 6.01 Å². The molecule has 1 amide bonds. The molecule has 0 aromatic carbocycles. The zero-order valence-corrected chi connectivity index (χ0v) is 12.1. The van der Waals surface area contributed by atoms with Gasteiger partial charge in [0.2, 0.25) is 0 Å². The van der Waals surface area contributed by atoms with E-state index in [1.807, 2.05) is 16.8 Å². The first-order valence-corrected chi connectivity index (χ1v) is 7.50. The quantitative estimate of drug-likeness (QED) is 0.874. The summed E-state index contributed by atoms with van der Waals surface area (Å²) in [6, 6.07) is 2.13. The standard InChI is InChI=1S/C13H12ClN3O2S/c14-10-5-15-13(16-6-10)19-11-1-3-17(7-11)12(18)9-2-4-20-8-9/h2,4-6,8,11H,1,3,7H2/t11-/m0/s1. The highest BCUT2D eigenvalue weighted by Crippen LogP contribution is 2.19. The molecule has 2 aromatic rings. The molecule has 0 radical (unpaired) electrons. The number of thiophene rings is 1. The zero-order valence-electron chi connectivity index (χ0n) is 10.5. The summed E-state index contributed by atoms with van der Waals surface area (Å²) in [5.41, 5.74) is 0.735. The van der Waals surface area contributed by atoms with Crippen LogP contribution in [0.3, 0.4) is 0 Å². The number of hydrogen-bond acceptors (Lipinski definition) is 5. The van der Waals surface area contributed by atoms with Crippen molar-refractivity contribution >= 4 is 28.8 Å². The maximum absolute atomic E-state index is 12.2. The number of aromatic nitrogens is 2. The Labute approximate surface area is 125 Å². The summed E-state index contributed by atoms with van der Waals surface area (Å²) in [7, 11) is 0. The van der Waals surface area contributed by atoms with Gasteiger partial charge in [0.15, 0.2) is 0 Å². The van der Waals surface area contributed by atoms with Gasteiger partial charge < -0.3 is 9.64 Å². The van der Waals surface area contributed by atoms with Crippen LogP contribution in [-0.2, 0) is 0 Å². The van der Waals surface area contributed by atoms with Gasteiger partial charge in [-0.05, 0) is 11.4 Å². The molecule has 1 aliphatic rings. The third kappa shape index (κ3) is 2.91. The molecule has 104 valence electrons. The first-order chi connectivity index (χ1) is 9.72. The average Bonchev–Trinajstić information content (AvgIpc) is 3.12. The zero-order chi connectivity index (χ0) is 13.9. The van der Waals surface area contributed by atoms with Crippen LogP contribution in [0.1, 0.15) is 16.8 Å². The Balaban J connectivity index is 1.59. The number of ether oxygens (including phenoxy) is 1. The lowest BCUT2D eigenvalue weighted by Gasteiger charge is -2.15. The smallest absolute Gasteiger partial charge is 0.316 e. The summed E-state index contributed by atoms with van der Waals surface area (Å²) in [4.78, 5) is 22.0. The molecule has 0 bridgehead atoms. The molecule has 0 spiro atoms. The van der Waals surface area contributed by atoms with Crippen LogP contribution in [0.2, 0.25) is 5.02 Å². The van der Waals surface area contributed by atoms with Crippen LogP contribution >= 0.6 is 22.9 Å². The third-order valence-electron chi connectivity index (χ3n) is 3.07. The minimum atomic E-state index is -0.0706. The molecule has 5 nitrogen and oxygen atoms in total. The summed E-state index contributed by atoms with van der Waals surface area (Å²) >= 11 is 7.24. The summed E-state index contributed by atoms with van der Waals surface area (Å²) in [5, 5.41) is 4.23. The van der Waals surface area contributed by atoms with Gasteiger partial charge >= 0.3 is 6.01 Å². The second-order valence-corrected chi connectivity index (χ2v) is 5.69. The molecule has 1 atom stereocenters. The van der Waals surface area contributed by atoms with Crippen molar-refractivity contribution in [1.82, 2.24) is 14.9 Å². The van der Waals surface area contributed by atoms with Gasteiger partial charge in [0, 0.05) is 18.3 Å². The Morgan fingerprint density at radius 3 is 2.95 bits per heavy atom. The highest BCUT2D eigenvalue weighted by Gasteiger charge is 2.28. The minimum absolute atomic E-state index is 0.0503. The van der Waals surface area contributed by atoms with E-state index in [4.69, 9.17) is 16.3 Å². The van der Waals surface area contributed by atoms with Crippen molar-refractivity contribution in [3.63, 3.8) is 0 Å². The van der Waals surface area contributed by atoms with Gasteiger partial charge in [-0.2, -0.15) is 11.3 Å². The summed E-state index contributed by atoms with van der Waals surface area (Å²) in [6.07, 6.45) is 3.70. The molecule has 20 heavy (non-hydrogen) atoms. The van der Waals surface area contributed by atoms with Crippen LogP contribution in [0.4, 0.5) is 0 Å². The van der Waals surface area contributed by atoms with Crippen LogP contribution in [0.15, 0.2) is 29.2 Å². The summed E-state index contributed by atoms with van der Waals surface area (Å²) in [5.74, 6) is 0.0503. The molecule has 7 heteroatoms. The fourth-order valence-electron chi connectivity index (χ4n) is 2.09. The monoisotopic (exact) mass is 309 g/mol. The number of rotatable bonds is 3. The number of carbonyl (C=O) groups is 1. The highest BCUT2D eigenvalue weighted by atomic mass is 35.5. The maximum atomic E-state index is 12.2. The summed E-state index contributed by atoms with van der Waals surface area (Å²) in [6.45, 7) is 1.24. The molecule has 3 rings (SSSR count). The number of halogens is 1. The second kappa shape index (κ2) is 5.76. The van der Waals surface area contributed by atoms with Crippen molar-refractivity contribution in [3.8, 4) is 6.01 Å². The minimum Gasteiger partial charge on any atom is -0.458 e. The van der Waals surface area contributed by atoms with Crippen molar-refractivity contribution in [2.45, 2.75) is 12.5 Å². The Hall–Kier alpha value is -1.66. The predicted molar refractivity (Wildman–Crippen MR) is 76.3 cm³/mol. The lowest BCUT2D eigenvalue weighted by atomic mass is 10.3. The van der Waals surface area contributed by atoms with Gasteiger partial charge in [-0.15, -0.1) is 0 Å². The molecule has 0 aliphatic carbocycles. The van der Waals surface area contributed by atoms with Gasteiger partial charge in [-0.3, -0.25) is 4.79 Å². The van der Waals surface area contributed by atoms with Gasteiger partial charge in [0.1, 0.15) is 6.10 Å². The van der Waals surface area contributed by atoms with E-state index in [1.54, 1.807) is 4.90 Å². The molecular formula is C13H12ClN3O2S. The number of nitrogens with zero attached hydrogens (tertiary/aromatic N) is 3. The van der Waals surface area contributed by atoms with Crippen LogP contribution in [-0.4, -0.2) is 40.0 Å². The van der Waals surface area contributed by atoms with Gasteiger partial charge in [0.05, 0.1) is 29.5 Å². The second-order valence-electron chi connectivity index (χ2n) is 4.48. The van der Waals surface area contributed by atoms with E-state index in [2.05, 4.69) is 9.97 Å². The van der Waals surface area contributed by atoms with Crippen molar-refractivity contribution < 1.29 is 9.53 Å². The summed E-state index contributed by atoms with van der Waals surface area (Å²) < 4.78 is 5.66. The lowest BCUT2D eigenvalue weighted by Crippen LogP contribution is -2.30. The molecule has 2 aromatic heterocycles. The van der Waals surface area contributed by atoms with Gasteiger partial charge in [-0.25, -0.2) is 9.97 Å². The number of carbonyl (C=O) groups excluding carboxylic acids is 1. The number of likely N-dealkylation sites (tertiary alicyclic amines) is 1. The van der Waals surface area contributed by atoms with Gasteiger partial charge in [0.25, 0.3) is 5.91 Å². The first-order valence-electron chi connectivity index (χ1n) is 6.18. The lowest BCUT2D eigenvalue weighted by molar-refractivity contribution is 0.0770. The van der Waals surface area contributed by atoms with E-state index in [0.717, 1.165) is 12.0 Å². The van der Waals surface area contributed by atoms with E-state index >= 15 is 0 Å². The maximum Gasteiger partial charge on any atom is 0.316 e. The van der Waals surface area contributed by atoms with Crippen molar-refractivity contribution in [3.05, 3.63) is 39.8 Å². The molecule has 0 saturated carbocycles. The molecule has 1 saturated heterocycles. The van der Waals surface area contributed by atoms with E-state index in [-0.39, 0.29) is 12.0 Å². The fourth-order valence-corrected chi connectivity index (χ4v) is 2.82. The fraction of sp³-hybridized carbons (Fsp3) is 0.308. The van der Waals surface area contributed by atoms with Crippen LogP contribution in [0, 0.1) is 0 Å². The van der Waals surface area contributed by atoms with Crippen molar-refractivity contribution in [2.75, 3.05) is 13.1 Å². The Morgan fingerprint density at radius 1 is 1.45 bits per heavy atom. The van der Waals surface area contributed by atoms with E-state index in [1.165, 1.54) is 23.7 Å². The molecule has 1 fully saturated rings. The third-order valence-corrected chi connectivity index (χ3v) is 3.95. The van der Waals surface area contributed by atoms with Crippen molar-refractivity contribution in [2.24, 2.45) is 0 Å². The van der Waals surface area contributed by atoms with E-state index < -0.39 is 0 Å². The Morgan fingerprint density at radius 2 is 2.25 bits per heavy atom. The highest BCUT2D eigenvalue weighted by molar-refractivity contribution is 7.08. The molecule has 3 heterocycles.